The van der Waals surface area contributed by atoms with Gasteiger partial charge in [-0.3, -0.25) is 4.79 Å². The molecule has 1 heterocycles. The number of rotatable bonds is 1. The molecule has 1 saturated heterocycles. The Labute approximate surface area is 96.9 Å². The Bertz CT molecular complexity index is 356. The third kappa shape index (κ3) is 3.18. The van der Waals surface area contributed by atoms with Gasteiger partial charge in [0, 0.05) is 13.1 Å². The van der Waals surface area contributed by atoms with Gasteiger partial charge in [0.1, 0.15) is 0 Å². The SMILES string of the molecule is CC(C)(C)C(N)C(=O)N1CCS(=O)(=O)CC1. The maximum Gasteiger partial charge on any atom is 0.240 e. The molecule has 1 rings (SSSR count). The highest BCUT2D eigenvalue weighted by Crippen LogP contribution is 2.19. The first-order valence-corrected chi connectivity index (χ1v) is 7.20. The highest BCUT2D eigenvalue weighted by molar-refractivity contribution is 7.91. The molecule has 0 aromatic heterocycles. The maximum atomic E-state index is 12.0. The van der Waals surface area contributed by atoms with Crippen molar-refractivity contribution in [3.8, 4) is 0 Å². The summed E-state index contributed by atoms with van der Waals surface area (Å²) in [7, 11) is -2.95. The van der Waals surface area contributed by atoms with Crippen LogP contribution in [0.4, 0.5) is 0 Å². The molecule has 1 fully saturated rings. The number of sulfone groups is 1. The normalized spacial score (nSPS) is 22.9. The van der Waals surface area contributed by atoms with E-state index in [1.165, 1.54) is 0 Å². The van der Waals surface area contributed by atoms with Crippen molar-refractivity contribution in [2.75, 3.05) is 24.6 Å². The fourth-order valence-corrected chi connectivity index (χ4v) is 2.70. The fourth-order valence-electron chi connectivity index (χ4n) is 1.50. The molecule has 5 nitrogen and oxygen atoms in total. The molecule has 1 amide bonds. The predicted octanol–water partition coefficient (Wildman–Crippen LogP) is -0.383. The van der Waals surface area contributed by atoms with E-state index in [2.05, 4.69) is 0 Å². The monoisotopic (exact) mass is 248 g/mol. The van der Waals surface area contributed by atoms with Gasteiger partial charge in [-0.1, -0.05) is 20.8 Å². The first-order valence-electron chi connectivity index (χ1n) is 5.38. The van der Waals surface area contributed by atoms with E-state index in [1.54, 1.807) is 4.90 Å². The minimum atomic E-state index is -2.95. The first kappa shape index (κ1) is 13.4. The van der Waals surface area contributed by atoms with E-state index in [1.807, 2.05) is 20.8 Å². The topological polar surface area (TPSA) is 80.5 Å². The highest BCUT2D eigenvalue weighted by Gasteiger charge is 2.33. The van der Waals surface area contributed by atoms with Crippen molar-refractivity contribution < 1.29 is 13.2 Å². The summed E-state index contributed by atoms with van der Waals surface area (Å²) in [6.45, 7) is 6.23. The zero-order valence-corrected chi connectivity index (χ0v) is 10.9. The Hall–Kier alpha value is -0.620. The second kappa shape index (κ2) is 4.33. The molecule has 0 saturated carbocycles. The van der Waals surface area contributed by atoms with Crippen LogP contribution >= 0.6 is 0 Å². The molecule has 0 radical (unpaired) electrons. The Morgan fingerprint density at radius 3 is 2.06 bits per heavy atom. The van der Waals surface area contributed by atoms with E-state index >= 15 is 0 Å². The van der Waals surface area contributed by atoms with Crippen molar-refractivity contribution in [1.29, 1.82) is 0 Å². The molecular formula is C10H20N2O3S. The van der Waals surface area contributed by atoms with Crippen LogP contribution in [0.25, 0.3) is 0 Å². The number of hydrogen-bond acceptors (Lipinski definition) is 4. The highest BCUT2D eigenvalue weighted by atomic mass is 32.2. The third-order valence-electron chi connectivity index (χ3n) is 2.86. The van der Waals surface area contributed by atoms with Crippen LogP contribution in [0.2, 0.25) is 0 Å². The summed E-state index contributed by atoms with van der Waals surface area (Å²) in [6.07, 6.45) is 0. The first-order chi connectivity index (χ1) is 7.13. The number of hydrogen-bond donors (Lipinski definition) is 1. The summed E-state index contributed by atoms with van der Waals surface area (Å²) in [6, 6.07) is -0.576. The molecular weight excluding hydrogens is 228 g/mol. The van der Waals surface area contributed by atoms with E-state index in [9.17, 15) is 13.2 Å². The van der Waals surface area contributed by atoms with Gasteiger partial charge in [0.05, 0.1) is 17.5 Å². The van der Waals surface area contributed by atoms with Crippen LogP contribution < -0.4 is 5.73 Å². The van der Waals surface area contributed by atoms with E-state index in [4.69, 9.17) is 5.73 Å². The van der Waals surface area contributed by atoms with Crippen LogP contribution in [0, 0.1) is 5.41 Å². The van der Waals surface area contributed by atoms with Gasteiger partial charge in [-0.15, -0.1) is 0 Å². The minimum absolute atomic E-state index is 0.0512. The van der Waals surface area contributed by atoms with Crippen molar-refractivity contribution >= 4 is 15.7 Å². The molecule has 0 aromatic rings. The van der Waals surface area contributed by atoms with Gasteiger partial charge in [0.2, 0.25) is 5.91 Å². The van der Waals surface area contributed by atoms with Crippen LogP contribution in [0.1, 0.15) is 20.8 Å². The summed E-state index contributed by atoms with van der Waals surface area (Å²) in [4.78, 5) is 13.5. The molecule has 1 aliphatic heterocycles. The molecule has 0 spiro atoms. The third-order valence-corrected chi connectivity index (χ3v) is 4.46. The van der Waals surface area contributed by atoms with Crippen molar-refractivity contribution in [2.45, 2.75) is 26.8 Å². The summed E-state index contributed by atoms with van der Waals surface area (Å²) < 4.78 is 22.4. The molecule has 94 valence electrons. The smallest absolute Gasteiger partial charge is 0.240 e. The molecule has 1 aliphatic rings. The summed E-state index contributed by atoms with van der Waals surface area (Å²) in [5.74, 6) is -0.0482. The van der Waals surface area contributed by atoms with E-state index in [0.717, 1.165) is 0 Å². The summed E-state index contributed by atoms with van der Waals surface area (Å²) in [5, 5.41) is 0. The van der Waals surface area contributed by atoms with Crippen molar-refractivity contribution in [2.24, 2.45) is 11.1 Å². The lowest BCUT2D eigenvalue weighted by atomic mass is 9.86. The van der Waals surface area contributed by atoms with E-state index < -0.39 is 15.9 Å². The standard InChI is InChI=1S/C10H20N2O3S/c1-10(2,3)8(11)9(13)12-4-6-16(14,15)7-5-12/h8H,4-7,11H2,1-3H3. The second-order valence-electron chi connectivity index (χ2n) is 5.32. The average molecular weight is 248 g/mol. The Balaban J connectivity index is 2.64. The largest absolute Gasteiger partial charge is 0.339 e. The van der Waals surface area contributed by atoms with Crippen molar-refractivity contribution in [1.82, 2.24) is 4.90 Å². The minimum Gasteiger partial charge on any atom is -0.339 e. The van der Waals surface area contributed by atoms with Crippen molar-refractivity contribution in [3.05, 3.63) is 0 Å². The molecule has 0 aliphatic carbocycles. The van der Waals surface area contributed by atoms with E-state index in [0.29, 0.717) is 0 Å². The molecule has 0 aromatic carbocycles. The van der Waals surface area contributed by atoms with Gasteiger partial charge in [-0.2, -0.15) is 0 Å². The Morgan fingerprint density at radius 2 is 1.69 bits per heavy atom. The van der Waals surface area contributed by atoms with Crippen LogP contribution in [-0.4, -0.2) is 49.9 Å². The summed E-state index contributed by atoms with van der Waals surface area (Å²) in [5.41, 5.74) is 5.55. The van der Waals surface area contributed by atoms with Crippen LogP contribution in [0.15, 0.2) is 0 Å². The summed E-state index contributed by atoms with van der Waals surface area (Å²) >= 11 is 0. The second-order valence-corrected chi connectivity index (χ2v) is 7.62. The number of nitrogens with two attached hydrogens (primary N) is 1. The van der Waals surface area contributed by atoms with Gasteiger partial charge in [-0.05, 0) is 5.41 Å². The lowest BCUT2D eigenvalue weighted by molar-refractivity contribution is -0.134. The van der Waals surface area contributed by atoms with E-state index in [-0.39, 0.29) is 35.9 Å². The van der Waals surface area contributed by atoms with Gasteiger partial charge in [0.15, 0.2) is 9.84 Å². The van der Waals surface area contributed by atoms with Gasteiger partial charge in [0.25, 0.3) is 0 Å². The van der Waals surface area contributed by atoms with Gasteiger partial charge < -0.3 is 10.6 Å². The Kier molecular flexibility index (Phi) is 3.64. The van der Waals surface area contributed by atoms with Crippen molar-refractivity contribution in [3.63, 3.8) is 0 Å². The van der Waals surface area contributed by atoms with Crippen LogP contribution in [0.3, 0.4) is 0 Å². The number of amides is 1. The molecule has 1 unspecified atom stereocenters. The molecule has 16 heavy (non-hydrogen) atoms. The molecule has 6 heteroatoms. The molecule has 1 atom stereocenters. The molecule has 0 bridgehead atoms. The average Bonchev–Trinajstić information content (AvgIpc) is 2.14. The van der Waals surface area contributed by atoms with Crippen LogP contribution in [-0.2, 0) is 14.6 Å². The molecule has 2 N–H and O–H groups in total. The number of carbonyl (C=O) groups is 1. The zero-order valence-electron chi connectivity index (χ0n) is 10.1. The van der Waals surface area contributed by atoms with Gasteiger partial charge in [-0.25, -0.2) is 8.42 Å². The Morgan fingerprint density at radius 1 is 1.25 bits per heavy atom. The lowest BCUT2D eigenvalue weighted by Gasteiger charge is -2.33. The quantitative estimate of drug-likeness (QED) is 0.686. The number of carbonyl (C=O) groups excluding carboxylic acids is 1. The van der Waals surface area contributed by atoms with Crippen LogP contribution in [0.5, 0.6) is 0 Å². The fraction of sp³-hybridized carbons (Fsp3) is 0.900. The predicted molar refractivity (Wildman–Crippen MR) is 62.7 cm³/mol. The maximum absolute atomic E-state index is 12.0. The van der Waals surface area contributed by atoms with Gasteiger partial charge >= 0.3 is 0 Å². The lowest BCUT2D eigenvalue weighted by Crippen LogP contribution is -2.54. The number of nitrogens with zero attached hydrogens (tertiary/aromatic N) is 1. The zero-order chi connectivity index (χ0) is 12.6.